The molecule has 0 heterocycles. The molecule has 2 aromatic rings. The third-order valence-corrected chi connectivity index (χ3v) is 11.2. The van der Waals surface area contributed by atoms with E-state index in [2.05, 4.69) is 79.4 Å². The fourth-order valence-electron chi connectivity index (χ4n) is 4.42. The van der Waals surface area contributed by atoms with Crippen molar-refractivity contribution in [2.24, 2.45) is 0 Å². The highest BCUT2D eigenvalue weighted by molar-refractivity contribution is 7.36. The Hall–Kier alpha value is -1.31. The van der Waals surface area contributed by atoms with E-state index in [4.69, 9.17) is 11.1 Å². The Kier molecular flexibility index (Phi) is 14.5. The molecule has 0 aliphatic rings. The summed E-state index contributed by atoms with van der Waals surface area (Å²) in [5.74, 6) is 0. The van der Waals surface area contributed by atoms with E-state index in [0.29, 0.717) is 0 Å². The summed E-state index contributed by atoms with van der Waals surface area (Å²) in [7, 11) is -2.32. The standard InChI is InChI=1S/C30H45ClSi/c1-2-3-4-5-6-7-8-9-10-11-12-13-14-15-16-23-28-32(31,29-24-19-17-20-25-29)30-26-21-18-22-27-30/h17-28H,2-16H2,1H3. The second kappa shape index (κ2) is 17.2. The molecule has 2 heteroatoms. The van der Waals surface area contributed by atoms with Crippen LogP contribution in [0.5, 0.6) is 0 Å². The van der Waals surface area contributed by atoms with Crippen LogP contribution in [0.25, 0.3) is 0 Å². The average Bonchev–Trinajstić information content (AvgIpc) is 2.84. The predicted octanol–water partition coefficient (Wildman–Crippen LogP) is 8.95. The summed E-state index contributed by atoms with van der Waals surface area (Å²) in [4.78, 5) is 0. The summed E-state index contributed by atoms with van der Waals surface area (Å²) in [5, 5.41) is 2.54. The van der Waals surface area contributed by atoms with Crippen LogP contribution in [0.4, 0.5) is 0 Å². The third kappa shape index (κ3) is 10.5. The van der Waals surface area contributed by atoms with Crippen molar-refractivity contribution in [3.05, 3.63) is 72.4 Å². The van der Waals surface area contributed by atoms with Crippen molar-refractivity contribution in [2.45, 2.75) is 103 Å². The number of rotatable bonds is 18. The molecular weight excluding hydrogens is 424 g/mol. The van der Waals surface area contributed by atoms with Crippen molar-refractivity contribution in [3.63, 3.8) is 0 Å². The van der Waals surface area contributed by atoms with Gasteiger partial charge in [-0.3, -0.25) is 0 Å². The van der Waals surface area contributed by atoms with E-state index in [0.717, 1.165) is 6.42 Å². The monoisotopic (exact) mass is 468 g/mol. The Bertz CT molecular complexity index is 671. The molecule has 0 unspecified atom stereocenters. The molecule has 0 fully saturated rings. The predicted molar refractivity (Wildman–Crippen MR) is 148 cm³/mol. The van der Waals surface area contributed by atoms with Crippen molar-refractivity contribution >= 4 is 28.8 Å². The lowest BCUT2D eigenvalue weighted by molar-refractivity contribution is 0.536. The van der Waals surface area contributed by atoms with E-state index in [1.807, 2.05) is 0 Å². The summed E-state index contributed by atoms with van der Waals surface area (Å²) in [5.41, 5.74) is 2.33. The van der Waals surface area contributed by atoms with Crippen LogP contribution >= 0.6 is 11.1 Å². The molecule has 0 aromatic heterocycles. The summed E-state index contributed by atoms with van der Waals surface area (Å²) in [6, 6.07) is 21.3. The van der Waals surface area contributed by atoms with Crippen LogP contribution in [0.3, 0.4) is 0 Å². The number of hydrogen-bond acceptors (Lipinski definition) is 0. The van der Waals surface area contributed by atoms with Gasteiger partial charge in [0.25, 0.3) is 0 Å². The molecule has 0 atom stereocenters. The van der Waals surface area contributed by atoms with Crippen LogP contribution in [0.2, 0.25) is 0 Å². The zero-order valence-electron chi connectivity index (χ0n) is 20.4. The first-order valence-electron chi connectivity index (χ1n) is 13.2. The Morgan fingerprint density at radius 3 is 1.34 bits per heavy atom. The first-order chi connectivity index (χ1) is 15.8. The second-order valence-electron chi connectivity index (χ2n) is 9.23. The fraction of sp³-hybridized carbons (Fsp3) is 0.533. The van der Waals surface area contributed by atoms with Gasteiger partial charge in [-0.05, 0) is 23.2 Å². The zero-order chi connectivity index (χ0) is 22.7. The Morgan fingerprint density at radius 2 is 0.938 bits per heavy atom. The molecule has 176 valence electrons. The maximum absolute atomic E-state index is 7.31. The highest BCUT2D eigenvalue weighted by Gasteiger charge is 2.32. The maximum atomic E-state index is 7.31. The second-order valence-corrected chi connectivity index (χ2v) is 13.9. The lowest BCUT2D eigenvalue weighted by Crippen LogP contribution is -2.52. The van der Waals surface area contributed by atoms with E-state index in [9.17, 15) is 0 Å². The number of hydrogen-bond donors (Lipinski definition) is 0. The molecule has 2 aromatic carbocycles. The SMILES string of the molecule is CCCCCCCCCCCCCCCCC=C[Si](Cl)(c1ccccc1)c1ccccc1. The first kappa shape index (κ1) is 26.9. The first-order valence-corrected chi connectivity index (χ1v) is 16.3. The van der Waals surface area contributed by atoms with E-state index in [1.54, 1.807) is 0 Å². The molecule has 0 saturated heterocycles. The van der Waals surface area contributed by atoms with Crippen LogP contribution in [0, 0.1) is 0 Å². The van der Waals surface area contributed by atoms with Crippen molar-refractivity contribution in [1.82, 2.24) is 0 Å². The van der Waals surface area contributed by atoms with Crippen LogP contribution < -0.4 is 10.4 Å². The van der Waals surface area contributed by atoms with E-state index in [-0.39, 0.29) is 0 Å². The van der Waals surface area contributed by atoms with Gasteiger partial charge >= 0.3 is 0 Å². The highest BCUT2D eigenvalue weighted by Crippen LogP contribution is 2.16. The van der Waals surface area contributed by atoms with Gasteiger partial charge in [-0.15, -0.1) is 11.1 Å². The van der Waals surface area contributed by atoms with Gasteiger partial charge in [-0.25, -0.2) is 0 Å². The molecule has 2 rings (SSSR count). The molecule has 0 radical (unpaired) electrons. The molecule has 0 N–H and O–H groups in total. The third-order valence-electron chi connectivity index (χ3n) is 6.46. The normalized spacial score (nSPS) is 11.9. The van der Waals surface area contributed by atoms with E-state index < -0.39 is 7.38 Å². The van der Waals surface area contributed by atoms with Crippen molar-refractivity contribution in [2.75, 3.05) is 0 Å². The van der Waals surface area contributed by atoms with Crippen molar-refractivity contribution < 1.29 is 0 Å². The quantitative estimate of drug-likeness (QED) is 0.116. The maximum Gasteiger partial charge on any atom is 0.240 e. The smallest absolute Gasteiger partial charge is 0.149 e. The molecular formula is C30H45ClSi. The largest absolute Gasteiger partial charge is 0.240 e. The highest BCUT2D eigenvalue weighted by atomic mass is 35.6. The lowest BCUT2D eigenvalue weighted by atomic mass is 10.0. The van der Waals surface area contributed by atoms with Gasteiger partial charge in [0.15, 0.2) is 0 Å². The summed E-state index contributed by atoms with van der Waals surface area (Å²) >= 11 is 7.31. The summed E-state index contributed by atoms with van der Waals surface area (Å²) in [6.07, 6.45) is 23.2. The zero-order valence-corrected chi connectivity index (χ0v) is 22.2. The van der Waals surface area contributed by atoms with Gasteiger partial charge in [0, 0.05) is 0 Å². The molecule has 0 amide bonds. The topological polar surface area (TPSA) is 0 Å². The Morgan fingerprint density at radius 1 is 0.562 bits per heavy atom. The van der Waals surface area contributed by atoms with Crippen molar-refractivity contribution in [1.29, 1.82) is 0 Å². The number of allylic oxidation sites excluding steroid dienone is 1. The molecule has 0 nitrogen and oxygen atoms in total. The Labute approximate surface area is 204 Å². The summed E-state index contributed by atoms with van der Waals surface area (Å²) in [6.45, 7) is 2.29. The van der Waals surface area contributed by atoms with Gasteiger partial charge in [-0.1, -0.05) is 163 Å². The van der Waals surface area contributed by atoms with Gasteiger partial charge in [-0.2, -0.15) is 0 Å². The minimum Gasteiger partial charge on any atom is -0.149 e. The number of halogens is 1. The van der Waals surface area contributed by atoms with E-state index >= 15 is 0 Å². The van der Waals surface area contributed by atoms with Gasteiger partial charge in [0.05, 0.1) is 0 Å². The molecule has 32 heavy (non-hydrogen) atoms. The molecule has 0 bridgehead atoms. The molecule has 0 aliphatic carbocycles. The van der Waals surface area contributed by atoms with Crippen LogP contribution in [-0.2, 0) is 0 Å². The van der Waals surface area contributed by atoms with Crippen LogP contribution in [0.15, 0.2) is 72.4 Å². The minimum absolute atomic E-state index is 1.14. The van der Waals surface area contributed by atoms with Gasteiger partial charge in [0.2, 0.25) is 7.38 Å². The van der Waals surface area contributed by atoms with Crippen LogP contribution in [0.1, 0.15) is 103 Å². The fourth-order valence-corrected chi connectivity index (χ4v) is 8.01. The molecule has 0 saturated carbocycles. The molecule has 0 spiro atoms. The minimum atomic E-state index is -2.32. The summed E-state index contributed by atoms with van der Waals surface area (Å²) < 4.78 is 0. The Balaban J connectivity index is 1.58. The molecule has 0 aliphatic heterocycles. The number of benzene rings is 2. The van der Waals surface area contributed by atoms with Gasteiger partial charge < -0.3 is 0 Å². The van der Waals surface area contributed by atoms with Gasteiger partial charge in [0.1, 0.15) is 0 Å². The lowest BCUT2D eigenvalue weighted by Gasteiger charge is -2.22. The van der Waals surface area contributed by atoms with Crippen molar-refractivity contribution in [3.8, 4) is 0 Å². The van der Waals surface area contributed by atoms with E-state index in [1.165, 1.54) is 100 Å². The average molecular weight is 469 g/mol. The van der Waals surface area contributed by atoms with Crippen LogP contribution in [-0.4, -0.2) is 7.38 Å². The number of unbranched alkanes of at least 4 members (excludes halogenated alkanes) is 14.